The number of nitrogens with zero attached hydrogens (tertiary/aromatic N) is 5. The van der Waals surface area contributed by atoms with Crippen LogP contribution >= 0.6 is 11.3 Å². The van der Waals surface area contributed by atoms with E-state index in [9.17, 15) is 9.59 Å². The van der Waals surface area contributed by atoms with Crippen LogP contribution in [-0.4, -0.2) is 51.6 Å². The maximum atomic E-state index is 13.0. The summed E-state index contributed by atoms with van der Waals surface area (Å²) in [6.45, 7) is 5.66. The lowest BCUT2D eigenvalue weighted by Crippen LogP contribution is -2.35. The van der Waals surface area contributed by atoms with Crippen LogP contribution in [0.5, 0.6) is 0 Å². The lowest BCUT2D eigenvalue weighted by Gasteiger charge is -2.30. The molecule has 0 aliphatic carbocycles. The molecule has 0 aromatic carbocycles. The fraction of sp³-hybridized carbons (Fsp3) is 0.667. The van der Waals surface area contributed by atoms with Gasteiger partial charge in [0.2, 0.25) is 10.1 Å². The number of fused-ring (bicyclic) bond motifs is 1. The largest absolute Gasteiger partial charge is 0.346 e. The molecule has 1 atom stereocenters. The van der Waals surface area contributed by atoms with Crippen molar-refractivity contribution in [2.45, 2.75) is 45.4 Å². The number of piperidine rings is 1. The smallest absolute Gasteiger partial charge is 0.274 e. The number of likely N-dealkylation sites (tertiary alicyclic amines) is 1. The Morgan fingerprint density at radius 1 is 1.15 bits per heavy atom. The number of amides is 1. The summed E-state index contributed by atoms with van der Waals surface area (Å²) in [5.74, 6) is 0.521. The third-order valence-electron chi connectivity index (χ3n) is 5.28. The van der Waals surface area contributed by atoms with Crippen molar-refractivity contribution in [1.29, 1.82) is 0 Å². The zero-order valence-electron chi connectivity index (χ0n) is 15.2. The molecular formula is C18H25N5O2S. The van der Waals surface area contributed by atoms with Gasteiger partial charge in [-0.05, 0) is 31.6 Å². The second kappa shape index (κ2) is 7.34. The fourth-order valence-electron chi connectivity index (χ4n) is 3.88. The van der Waals surface area contributed by atoms with Crippen LogP contribution in [0, 0.1) is 5.92 Å². The molecule has 0 unspecified atom stereocenters. The van der Waals surface area contributed by atoms with E-state index < -0.39 is 0 Å². The number of anilines is 1. The van der Waals surface area contributed by atoms with Crippen LogP contribution in [0.4, 0.5) is 5.13 Å². The van der Waals surface area contributed by atoms with Crippen LogP contribution in [0.1, 0.15) is 55.9 Å². The van der Waals surface area contributed by atoms with Gasteiger partial charge in [-0.25, -0.2) is 0 Å². The molecule has 0 spiro atoms. The van der Waals surface area contributed by atoms with E-state index in [0.29, 0.717) is 16.6 Å². The predicted molar refractivity (Wildman–Crippen MR) is 102 cm³/mol. The Labute approximate surface area is 156 Å². The maximum Gasteiger partial charge on any atom is 0.274 e. The van der Waals surface area contributed by atoms with E-state index in [1.54, 1.807) is 4.52 Å². The molecule has 7 nitrogen and oxygen atoms in total. The first-order chi connectivity index (χ1) is 12.6. The van der Waals surface area contributed by atoms with E-state index in [0.717, 1.165) is 63.4 Å². The first-order valence-corrected chi connectivity index (χ1v) is 10.4. The minimum Gasteiger partial charge on any atom is -0.346 e. The standard InChI is InChI=1S/C18H25N5O2S/c1-13-7-6-10-22(12-13)18-20-23-14(11-15(24)19-17(23)26-18)16(25)21-8-4-2-3-5-9-21/h11,13H,2-10,12H2,1H3/t13-/m1/s1. The van der Waals surface area contributed by atoms with Crippen LogP contribution in [0.2, 0.25) is 0 Å². The molecule has 1 amide bonds. The number of carbonyl (C=O) groups excluding carboxylic acids is 1. The molecule has 140 valence electrons. The highest BCUT2D eigenvalue weighted by molar-refractivity contribution is 7.20. The quantitative estimate of drug-likeness (QED) is 0.806. The fourth-order valence-corrected chi connectivity index (χ4v) is 4.83. The Bertz CT molecular complexity index is 853. The summed E-state index contributed by atoms with van der Waals surface area (Å²) in [7, 11) is 0. The predicted octanol–water partition coefficient (Wildman–Crippen LogP) is 2.40. The maximum absolute atomic E-state index is 13.0. The lowest BCUT2D eigenvalue weighted by atomic mass is 10.0. The topological polar surface area (TPSA) is 70.8 Å². The van der Waals surface area contributed by atoms with Crippen molar-refractivity contribution in [3.63, 3.8) is 0 Å². The van der Waals surface area contributed by atoms with E-state index in [2.05, 4.69) is 21.9 Å². The number of hydrogen-bond donors (Lipinski definition) is 0. The molecular weight excluding hydrogens is 350 g/mol. The van der Waals surface area contributed by atoms with Gasteiger partial charge in [0.25, 0.3) is 11.5 Å². The van der Waals surface area contributed by atoms with Crippen molar-refractivity contribution in [2.24, 2.45) is 5.92 Å². The molecule has 0 radical (unpaired) electrons. The molecule has 4 rings (SSSR count). The van der Waals surface area contributed by atoms with Gasteiger partial charge in [-0.3, -0.25) is 9.59 Å². The zero-order chi connectivity index (χ0) is 18.1. The van der Waals surface area contributed by atoms with Crippen LogP contribution in [-0.2, 0) is 0 Å². The molecule has 26 heavy (non-hydrogen) atoms. The first kappa shape index (κ1) is 17.5. The van der Waals surface area contributed by atoms with Gasteiger partial charge in [0.1, 0.15) is 5.69 Å². The van der Waals surface area contributed by atoms with Crippen molar-refractivity contribution in [3.05, 3.63) is 22.1 Å². The number of hydrogen-bond acceptors (Lipinski definition) is 6. The Morgan fingerprint density at radius 3 is 2.65 bits per heavy atom. The Hall–Kier alpha value is -1.96. The van der Waals surface area contributed by atoms with Gasteiger partial charge in [-0.1, -0.05) is 31.1 Å². The second-order valence-corrected chi connectivity index (χ2v) is 8.39. The van der Waals surface area contributed by atoms with Crippen molar-refractivity contribution in [3.8, 4) is 0 Å². The van der Waals surface area contributed by atoms with Gasteiger partial charge in [0, 0.05) is 32.2 Å². The van der Waals surface area contributed by atoms with Gasteiger partial charge in [-0.15, -0.1) is 5.10 Å². The summed E-state index contributed by atoms with van der Waals surface area (Å²) in [5, 5.41) is 5.51. The van der Waals surface area contributed by atoms with E-state index in [-0.39, 0.29) is 11.5 Å². The molecule has 2 aromatic rings. The van der Waals surface area contributed by atoms with Crippen molar-refractivity contribution in [1.82, 2.24) is 19.5 Å². The Balaban J connectivity index is 1.70. The number of rotatable bonds is 2. The molecule has 4 heterocycles. The SMILES string of the molecule is C[C@@H]1CCCN(c2nn3c(C(=O)N4CCCCCC4)cc(=O)nc3s2)C1. The molecule has 2 saturated heterocycles. The van der Waals surface area contributed by atoms with Crippen LogP contribution < -0.4 is 10.5 Å². The van der Waals surface area contributed by atoms with E-state index in [1.807, 2.05) is 4.90 Å². The van der Waals surface area contributed by atoms with Crippen molar-refractivity contribution >= 4 is 27.3 Å². The zero-order valence-corrected chi connectivity index (χ0v) is 16.0. The third-order valence-corrected chi connectivity index (χ3v) is 6.25. The van der Waals surface area contributed by atoms with E-state index in [4.69, 9.17) is 0 Å². The van der Waals surface area contributed by atoms with Gasteiger partial charge in [0.15, 0.2) is 0 Å². The molecule has 0 bridgehead atoms. The highest BCUT2D eigenvalue weighted by Gasteiger charge is 2.24. The third kappa shape index (κ3) is 3.47. The average molecular weight is 375 g/mol. The summed E-state index contributed by atoms with van der Waals surface area (Å²) < 4.78 is 1.58. The summed E-state index contributed by atoms with van der Waals surface area (Å²) in [6, 6.07) is 1.34. The van der Waals surface area contributed by atoms with Gasteiger partial charge in [0.05, 0.1) is 0 Å². The summed E-state index contributed by atoms with van der Waals surface area (Å²) in [4.78, 5) is 33.8. The van der Waals surface area contributed by atoms with Crippen LogP contribution in [0.3, 0.4) is 0 Å². The molecule has 0 N–H and O–H groups in total. The second-order valence-electron chi connectivity index (χ2n) is 7.46. The molecule has 2 aliphatic heterocycles. The van der Waals surface area contributed by atoms with Gasteiger partial charge < -0.3 is 9.80 Å². The molecule has 2 fully saturated rings. The van der Waals surface area contributed by atoms with E-state index >= 15 is 0 Å². The molecule has 2 aromatic heterocycles. The minimum absolute atomic E-state index is 0.106. The van der Waals surface area contributed by atoms with Gasteiger partial charge in [-0.2, -0.15) is 9.50 Å². The van der Waals surface area contributed by atoms with Gasteiger partial charge >= 0.3 is 0 Å². The average Bonchev–Trinajstić information content (AvgIpc) is 2.86. The first-order valence-electron chi connectivity index (χ1n) is 9.57. The molecule has 0 saturated carbocycles. The normalized spacial score (nSPS) is 21.8. The summed E-state index contributed by atoms with van der Waals surface area (Å²) in [5.41, 5.74) is -0.0279. The number of aromatic nitrogens is 3. The Morgan fingerprint density at radius 2 is 1.92 bits per heavy atom. The van der Waals surface area contributed by atoms with Crippen molar-refractivity contribution in [2.75, 3.05) is 31.1 Å². The van der Waals surface area contributed by atoms with E-state index in [1.165, 1.54) is 23.8 Å². The minimum atomic E-state index is -0.370. The molecule has 2 aliphatic rings. The lowest BCUT2D eigenvalue weighted by molar-refractivity contribution is 0.0752. The van der Waals surface area contributed by atoms with Crippen molar-refractivity contribution < 1.29 is 4.79 Å². The number of carbonyl (C=O) groups is 1. The molecule has 8 heteroatoms. The summed E-state index contributed by atoms with van der Waals surface area (Å²) >= 11 is 1.40. The Kier molecular flexibility index (Phi) is 4.93. The van der Waals surface area contributed by atoms with Crippen LogP contribution in [0.25, 0.3) is 4.96 Å². The summed E-state index contributed by atoms with van der Waals surface area (Å²) in [6.07, 6.45) is 6.72. The van der Waals surface area contributed by atoms with Crippen LogP contribution in [0.15, 0.2) is 10.9 Å². The monoisotopic (exact) mass is 375 g/mol. The highest BCUT2D eigenvalue weighted by atomic mass is 32.1. The highest BCUT2D eigenvalue weighted by Crippen LogP contribution is 2.27.